The number of fused-ring (bicyclic) bond motifs is 3. The predicted molar refractivity (Wildman–Crippen MR) is 111 cm³/mol. The summed E-state index contributed by atoms with van der Waals surface area (Å²) in [7, 11) is 0. The number of carboxylic acid groups (broad SMARTS) is 1. The van der Waals surface area contributed by atoms with E-state index < -0.39 is 11.9 Å². The van der Waals surface area contributed by atoms with Gasteiger partial charge in [0.15, 0.2) is 0 Å². The van der Waals surface area contributed by atoms with E-state index >= 15 is 0 Å². The lowest BCUT2D eigenvalue weighted by Crippen LogP contribution is -2.20. The molecule has 29 heavy (non-hydrogen) atoms. The fourth-order valence-electron chi connectivity index (χ4n) is 4.08. The minimum atomic E-state index is -0.919. The summed E-state index contributed by atoms with van der Waals surface area (Å²) in [5.74, 6) is -1.89. The van der Waals surface area contributed by atoms with Gasteiger partial charge in [0.25, 0.3) is 0 Å². The van der Waals surface area contributed by atoms with Gasteiger partial charge in [-0.2, -0.15) is 0 Å². The highest BCUT2D eigenvalue weighted by molar-refractivity contribution is 5.81. The van der Waals surface area contributed by atoms with Gasteiger partial charge in [0.05, 0.1) is 5.92 Å². The van der Waals surface area contributed by atoms with Gasteiger partial charge < -0.3 is 9.84 Å². The number of ether oxygens (including phenoxy) is 1. The summed E-state index contributed by atoms with van der Waals surface area (Å²) < 4.78 is 5.76. The Morgan fingerprint density at radius 3 is 1.97 bits per heavy atom. The molecule has 3 aromatic carbocycles. The minimum absolute atomic E-state index is 0.0118. The summed E-state index contributed by atoms with van der Waals surface area (Å²) in [6.45, 7) is 0.239. The van der Waals surface area contributed by atoms with Crippen LogP contribution in [0, 0.1) is 0 Å². The molecule has 0 amide bonds. The van der Waals surface area contributed by atoms with Crippen molar-refractivity contribution in [3.05, 3.63) is 95.6 Å². The molecule has 1 aliphatic carbocycles. The molecule has 1 aliphatic rings. The SMILES string of the molecule is O=C(O)CC[C@@H](C(=O)OCC1c2ccccc2-c2ccccc21)c1ccccc1. The molecule has 0 aliphatic heterocycles. The Labute approximate surface area is 169 Å². The van der Waals surface area contributed by atoms with Crippen molar-refractivity contribution in [2.45, 2.75) is 24.7 Å². The molecule has 1 atom stereocenters. The first-order valence-electron chi connectivity index (χ1n) is 9.76. The zero-order valence-corrected chi connectivity index (χ0v) is 16.0. The van der Waals surface area contributed by atoms with Gasteiger partial charge in [0.2, 0.25) is 0 Å². The van der Waals surface area contributed by atoms with E-state index in [-0.39, 0.29) is 31.3 Å². The second kappa shape index (κ2) is 8.31. The Morgan fingerprint density at radius 2 is 1.38 bits per heavy atom. The first-order valence-corrected chi connectivity index (χ1v) is 9.76. The van der Waals surface area contributed by atoms with Crippen molar-refractivity contribution in [2.24, 2.45) is 0 Å². The normalized spacial score (nSPS) is 13.4. The van der Waals surface area contributed by atoms with Gasteiger partial charge in [-0.1, -0.05) is 78.9 Å². The van der Waals surface area contributed by atoms with Crippen LogP contribution in [0.3, 0.4) is 0 Å². The Kier molecular flexibility index (Phi) is 5.43. The molecule has 0 spiro atoms. The van der Waals surface area contributed by atoms with Gasteiger partial charge in [-0.05, 0) is 34.2 Å². The molecule has 0 bridgehead atoms. The largest absolute Gasteiger partial charge is 0.481 e. The highest BCUT2D eigenvalue weighted by atomic mass is 16.5. The second-order valence-corrected chi connectivity index (χ2v) is 7.25. The van der Waals surface area contributed by atoms with Crippen LogP contribution >= 0.6 is 0 Å². The van der Waals surface area contributed by atoms with Crippen LogP contribution in [-0.4, -0.2) is 23.7 Å². The lowest BCUT2D eigenvalue weighted by molar-refractivity contribution is -0.146. The van der Waals surface area contributed by atoms with Gasteiger partial charge in [-0.3, -0.25) is 9.59 Å². The average Bonchev–Trinajstić information content (AvgIpc) is 3.07. The predicted octanol–water partition coefficient (Wildman–Crippen LogP) is 4.99. The van der Waals surface area contributed by atoms with Crippen molar-refractivity contribution in [2.75, 3.05) is 6.61 Å². The Morgan fingerprint density at radius 1 is 0.828 bits per heavy atom. The molecule has 1 N–H and O–H groups in total. The molecule has 0 fully saturated rings. The Balaban J connectivity index is 1.54. The molecular weight excluding hydrogens is 364 g/mol. The second-order valence-electron chi connectivity index (χ2n) is 7.25. The van der Waals surface area contributed by atoms with Crippen molar-refractivity contribution in [3.8, 4) is 11.1 Å². The molecule has 146 valence electrons. The molecule has 4 nitrogen and oxygen atoms in total. The summed E-state index contributed by atoms with van der Waals surface area (Å²) in [6.07, 6.45) is 0.139. The summed E-state index contributed by atoms with van der Waals surface area (Å²) in [5, 5.41) is 9.06. The highest BCUT2D eigenvalue weighted by Crippen LogP contribution is 2.44. The van der Waals surface area contributed by atoms with E-state index in [4.69, 9.17) is 9.84 Å². The molecule has 0 unspecified atom stereocenters. The number of esters is 1. The van der Waals surface area contributed by atoms with Crippen LogP contribution < -0.4 is 0 Å². The number of hydrogen-bond donors (Lipinski definition) is 1. The van der Waals surface area contributed by atoms with Crippen LogP contribution in [-0.2, 0) is 14.3 Å². The molecule has 0 saturated carbocycles. The molecule has 0 radical (unpaired) electrons. The maximum atomic E-state index is 12.9. The maximum absolute atomic E-state index is 12.9. The lowest BCUT2D eigenvalue weighted by atomic mass is 9.94. The molecular formula is C25H22O4. The number of carboxylic acids is 1. The van der Waals surface area contributed by atoms with Crippen molar-refractivity contribution in [1.82, 2.24) is 0 Å². The molecule has 0 aromatic heterocycles. The van der Waals surface area contributed by atoms with Crippen LogP contribution in [0.1, 0.15) is 41.4 Å². The number of aliphatic carboxylic acids is 1. The number of rotatable bonds is 7. The third-order valence-electron chi connectivity index (χ3n) is 5.49. The monoisotopic (exact) mass is 386 g/mol. The average molecular weight is 386 g/mol. The minimum Gasteiger partial charge on any atom is -0.481 e. The summed E-state index contributed by atoms with van der Waals surface area (Å²) in [6, 6.07) is 25.6. The third-order valence-corrected chi connectivity index (χ3v) is 5.49. The van der Waals surface area contributed by atoms with Gasteiger partial charge in [0, 0.05) is 12.3 Å². The van der Waals surface area contributed by atoms with Crippen LogP contribution in [0.25, 0.3) is 11.1 Å². The topological polar surface area (TPSA) is 63.6 Å². The van der Waals surface area contributed by atoms with Crippen LogP contribution in [0.15, 0.2) is 78.9 Å². The van der Waals surface area contributed by atoms with Crippen molar-refractivity contribution in [3.63, 3.8) is 0 Å². The molecule has 4 heteroatoms. The fraction of sp³-hybridized carbons (Fsp3) is 0.200. The smallest absolute Gasteiger partial charge is 0.313 e. The summed E-state index contributed by atoms with van der Waals surface area (Å²) in [4.78, 5) is 24.0. The molecule has 4 rings (SSSR count). The maximum Gasteiger partial charge on any atom is 0.313 e. The van der Waals surface area contributed by atoms with Gasteiger partial charge in [-0.25, -0.2) is 0 Å². The summed E-state index contributed by atoms with van der Waals surface area (Å²) >= 11 is 0. The number of benzene rings is 3. The highest BCUT2D eigenvalue weighted by Gasteiger charge is 2.30. The fourth-order valence-corrected chi connectivity index (χ4v) is 4.08. The van der Waals surface area contributed by atoms with Crippen LogP contribution in [0.2, 0.25) is 0 Å². The first-order chi connectivity index (χ1) is 14.1. The van der Waals surface area contributed by atoms with Crippen LogP contribution in [0.5, 0.6) is 0 Å². The number of carbonyl (C=O) groups excluding carboxylic acids is 1. The van der Waals surface area contributed by atoms with Gasteiger partial charge >= 0.3 is 11.9 Å². The van der Waals surface area contributed by atoms with E-state index in [1.807, 2.05) is 54.6 Å². The van der Waals surface area contributed by atoms with E-state index in [0.29, 0.717) is 0 Å². The van der Waals surface area contributed by atoms with E-state index in [0.717, 1.165) is 16.7 Å². The van der Waals surface area contributed by atoms with E-state index in [9.17, 15) is 9.59 Å². The van der Waals surface area contributed by atoms with E-state index in [2.05, 4.69) is 24.3 Å². The first kappa shape index (κ1) is 18.9. The van der Waals surface area contributed by atoms with Gasteiger partial charge in [0.1, 0.15) is 6.61 Å². The third kappa shape index (κ3) is 3.92. The van der Waals surface area contributed by atoms with Crippen molar-refractivity contribution in [1.29, 1.82) is 0 Å². The van der Waals surface area contributed by atoms with Gasteiger partial charge in [-0.15, -0.1) is 0 Å². The van der Waals surface area contributed by atoms with Crippen LogP contribution in [0.4, 0.5) is 0 Å². The van der Waals surface area contributed by atoms with E-state index in [1.165, 1.54) is 11.1 Å². The van der Waals surface area contributed by atoms with E-state index in [1.54, 1.807) is 0 Å². The molecule has 3 aromatic rings. The Hall–Kier alpha value is -3.40. The Bertz CT molecular complexity index is 980. The van der Waals surface area contributed by atoms with Crippen molar-refractivity contribution < 1.29 is 19.4 Å². The number of carbonyl (C=O) groups is 2. The zero-order valence-electron chi connectivity index (χ0n) is 16.0. The number of hydrogen-bond acceptors (Lipinski definition) is 3. The van der Waals surface area contributed by atoms with Crippen molar-refractivity contribution >= 4 is 11.9 Å². The molecule has 0 saturated heterocycles. The lowest BCUT2D eigenvalue weighted by Gasteiger charge is -2.19. The standard InChI is InChI=1S/C25H22O4/c26-24(27)15-14-18(17-8-2-1-3-9-17)25(28)29-16-23-21-12-6-4-10-19(21)20-11-5-7-13-22(20)23/h1-13,18,23H,14-16H2,(H,26,27)/t18-/m1/s1. The zero-order chi connectivity index (χ0) is 20.2. The molecule has 0 heterocycles. The summed E-state index contributed by atoms with van der Waals surface area (Å²) in [5.41, 5.74) is 5.45. The quantitative estimate of drug-likeness (QED) is 0.581.